The zero-order chi connectivity index (χ0) is 15.7. The van der Waals surface area contributed by atoms with Gasteiger partial charge < -0.3 is 14.7 Å². The average molecular weight is 298 g/mol. The molecule has 114 valence electrons. The smallest absolute Gasteiger partial charge is 0.357 e. The van der Waals surface area contributed by atoms with E-state index in [1.807, 2.05) is 13.8 Å². The Kier molecular flexibility index (Phi) is 3.63. The number of anilines is 1. The third-order valence-corrected chi connectivity index (χ3v) is 4.19. The first-order valence-electron chi connectivity index (χ1n) is 7.35. The molecule has 2 heterocycles. The van der Waals surface area contributed by atoms with Gasteiger partial charge in [0.25, 0.3) is 0 Å². The lowest BCUT2D eigenvalue weighted by Gasteiger charge is -2.16. The first-order chi connectivity index (χ1) is 10.6. The molecule has 2 N–H and O–H groups in total. The van der Waals surface area contributed by atoms with Crippen LogP contribution in [0.25, 0.3) is 10.9 Å². The van der Waals surface area contributed by atoms with E-state index in [1.165, 1.54) is 0 Å². The van der Waals surface area contributed by atoms with Crippen molar-refractivity contribution in [2.75, 3.05) is 18.6 Å². The average Bonchev–Trinajstić information content (AvgIpc) is 3.14. The fraction of sp³-hybridized carbons (Fsp3) is 0.375. The number of rotatable bonds is 2. The predicted octanol–water partition coefficient (Wildman–Crippen LogP) is 3.22. The molecule has 2 aromatic rings. The topological polar surface area (TPSA) is 81.1 Å². The van der Waals surface area contributed by atoms with Crippen LogP contribution in [0.3, 0.4) is 0 Å². The summed E-state index contributed by atoms with van der Waals surface area (Å²) in [6, 6.07) is 5.65. The fourth-order valence-electron chi connectivity index (χ4n) is 2.83. The van der Waals surface area contributed by atoms with Gasteiger partial charge in [0.1, 0.15) is 6.07 Å². The molecule has 1 aromatic heterocycles. The quantitative estimate of drug-likeness (QED) is 0.834. The third kappa shape index (κ3) is 2.35. The summed E-state index contributed by atoms with van der Waals surface area (Å²) in [5, 5.41) is 10.1. The van der Waals surface area contributed by atoms with Crippen molar-refractivity contribution in [1.82, 2.24) is 9.88 Å². The van der Waals surface area contributed by atoms with Gasteiger partial charge in [-0.2, -0.15) is 5.26 Å². The Hall–Kier alpha value is -2.68. The van der Waals surface area contributed by atoms with Gasteiger partial charge in [-0.05, 0) is 44.4 Å². The number of aromatic nitrogens is 1. The van der Waals surface area contributed by atoms with Gasteiger partial charge >= 0.3 is 6.09 Å². The molecular formula is C16H18N4O2. The van der Waals surface area contributed by atoms with E-state index in [9.17, 15) is 10.1 Å². The minimum Gasteiger partial charge on any atom is -0.357 e. The van der Waals surface area contributed by atoms with E-state index in [2.05, 4.69) is 16.5 Å². The van der Waals surface area contributed by atoms with Gasteiger partial charge in [-0.3, -0.25) is 0 Å². The normalized spacial score (nSPS) is 14.1. The summed E-state index contributed by atoms with van der Waals surface area (Å²) in [6.07, 6.45) is 1.68. The minimum atomic E-state index is -0.361. The maximum Gasteiger partial charge on any atom is 0.434 e. The van der Waals surface area contributed by atoms with Gasteiger partial charge in [-0.25, -0.2) is 10.3 Å². The number of hydrogen-bond donors (Lipinski definition) is 2. The van der Waals surface area contributed by atoms with Crippen LogP contribution >= 0.6 is 0 Å². The molecule has 1 aromatic carbocycles. The molecule has 0 aliphatic carbocycles. The molecule has 0 radical (unpaired) electrons. The summed E-state index contributed by atoms with van der Waals surface area (Å²) in [4.78, 5) is 22.0. The number of carbonyl (C=O) groups excluding carboxylic acids is 1. The van der Waals surface area contributed by atoms with Gasteiger partial charge in [0.2, 0.25) is 0 Å². The molecule has 1 saturated heterocycles. The van der Waals surface area contributed by atoms with E-state index >= 15 is 0 Å². The summed E-state index contributed by atoms with van der Waals surface area (Å²) in [6.45, 7) is 5.41. The van der Waals surface area contributed by atoms with Crippen LogP contribution in [0.5, 0.6) is 0 Å². The number of aromatic amines is 1. The van der Waals surface area contributed by atoms with Crippen molar-refractivity contribution in [2.24, 2.45) is 0 Å². The Morgan fingerprint density at radius 1 is 1.36 bits per heavy atom. The number of nitrogens with one attached hydrogen (secondary N) is 2. The summed E-state index contributed by atoms with van der Waals surface area (Å²) >= 11 is 0. The molecule has 22 heavy (non-hydrogen) atoms. The van der Waals surface area contributed by atoms with Crippen molar-refractivity contribution in [2.45, 2.75) is 26.7 Å². The van der Waals surface area contributed by atoms with Crippen LogP contribution < -0.4 is 5.48 Å². The van der Waals surface area contributed by atoms with Crippen molar-refractivity contribution in [3.05, 3.63) is 29.0 Å². The van der Waals surface area contributed by atoms with Gasteiger partial charge in [-0.1, -0.05) is 0 Å². The van der Waals surface area contributed by atoms with Crippen LogP contribution in [0.2, 0.25) is 0 Å². The molecule has 6 heteroatoms. The summed E-state index contributed by atoms with van der Waals surface area (Å²) in [7, 11) is 0. The van der Waals surface area contributed by atoms with E-state index < -0.39 is 0 Å². The number of fused-ring (bicyclic) bond motifs is 1. The second kappa shape index (κ2) is 5.60. The highest BCUT2D eigenvalue weighted by Crippen LogP contribution is 2.31. The molecule has 6 nitrogen and oxygen atoms in total. The molecule has 1 amide bonds. The zero-order valence-corrected chi connectivity index (χ0v) is 12.7. The van der Waals surface area contributed by atoms with Crippen LogP contribution in [-0.4, -0.2) is 29.1 Å². The number of amides is 1. The maximum absolute atomic E-state index is 11.9. The van der Waals surface area contributed by atoms with Crippen LogP contribution in [0.15, 0.2) is 12.1 Å². The number of aryl methyl sites for hydroxylation is 2. The van der Waals surface area contributed by atoms with Crippen molar-refractivity contribution in [1.29, 1.82) is 5.26 Å². The van der Waals surface area contributed by atoms with E-state index in [0.717, 1.165) is 48.1 Å². The standard InChI is InChI=1S/C16H18N4O2/c1-10-11(2)18-15-12(9-17)5-6-13(14(10)15)19-22-16(21)20-7-3-4-8-20/h5-6,18-19H,3-4,7-8H2,1-2H3. The van der Waals surface area contributed by atoms with Gasteiger partial charge in [-0.15, -0.1) is 0 Å². The highest BCUT2D eigenvalue weighted by molar-refractivity contribution is 5.98. The van der Waals surface area contributed by atoms with Crippen molar-refractivity contribution in [3.63, 3.8) is 0 Å². The van der Waals surface area contributed by atoms with Gasteiger partial charge in [0.15, 0.2) is 0 Å². The predicted molar refractivity (Wildman–Crippen MR) is 83.4 cm³/mol. The summed E-state index contributed by atoms with van der Waals surface area (Å²) < 4.78 is 0. The molecule has 3 rings (SSSR count). The molecule has 0 atom stereocenters. The lowest BCUT2D eigenvalue weighted by Crippen LogP contribution is -2.30. The Bertz CT molecular complexity index is 767. The Morgan fingerprint density at radius 2 is 2.09 bits per heavy atom. The number of nitriles is 1. The third-order valence-electron chi connectivity index (χ3n) is 4.19. The number of benzene rings is 1. The Balaban J connectivity index is 1.88. The molecule has 0 unspecified atom stereocenters. The van der Waals surface area contributed by atoms with E-state index in [4.69, 9.17) is 4.84 Å². The van der Waals surface area contributed by atoms with Crippen LogP contribution in [-0.2, 0) is 4.84 Å². The summed E-state index contributed by atoms with van der Waals surface area (Å²) in [5.74, 6) is 0. The first-order valence-corrected chi connectivity index (χ1v) is 7.35. The zero-order valence-electron chi connectivity index (χ0n) is 12.7. The highest BCUT2D eigenvalue weighted by Gasteiger charge is 2.20. The lowest BCUT2D eigenvalue weighted by molar-refractivity contribution is 0.132. The van der Waals surface area contributed by atoms with Gasteiger partial charge in [0.05, 0.1) is 16.8 Å². The lowest BCUT2D eigenvalue weighted by atomic mass is 10.1. The van der Waals surface area contributed by atoms with Crippen LogP contribution in [0.1, 0.15) is 29.7 Å². The number of carbonyl (C=O) groups is 1. The van der Waals surface area contributed by atoms with Gasteiger partial charge in [0, 0.05) is 24.2 Å². The van der Waals surface area contributed by atoms with Crippen LogP contribution in [0.4, 0.5) is 10.5 Å². The van der Waals surface area contributed by atoms with Crippen molar-refractivity contribution >= 4 is 22.7 Å². The number of H-pyrrole nitrogens is 1. The molecule has 0 spiro atoms. The molecular weight excluding hydrogens is 280 g/mol. The highest BCUT2D eigenvalue weighted by atomic mass is 16.7. The molecule has 1 aliphatic heterocycles. The molecule has 1 aliphatic rings. The summed E-state index contributed by atoms with van der Waals surface area (Å²) in [5.41, 5.74) is 6.79. The Morgan fingerprint density at radius 3 is 2.77 bits per heavy atom. The number of likely N-dealkylation sites (tertiary alicyclic amines) is 1. The second-order valence-electron chi connectivity index (χ2n) is 5.56. The van der Waals surface area contributed by atoms with Crippen molar-refractivity contribution < 1.29 is 9.63 Å². The maximum atomic E-state index is 11.9. The number of hydrogen-bond acceptors (Lipinski definition) is 4. The van der Waals surface area contributed by atoms with Crippen LogP contribution in [0, 0.1) is 25.2 Å². The first kappa shape index (κ1) is 14.3. The van der Waals surface area contributed by atoms with Crippen molar-refractivity contribution in [3.8, 4) is 6.07 Å². The van der Waals surface area contributed by atoms with E-state index in [0.29, 0.717) is 11.3 Å². The largest absolute Gasteiger partial charge is 0.434 e. The molecule has 0 saturated carbocycles. The number of nitrogens with zero attached hydrogens (tertiary/aromatic N) is 2. The SMILES string of the molecule is Cc1[nH]c2c(C#N)ccc(NOC(=O)N3CCCC3)c2c1C. The Labute approximate surface area is 128 Å². The molecule has 1 fully saturated rings. The monoisotopic (exact) mass is 298 g/mol. The minimum absolute atomic E-state index is 0.361. The van der Waals surface area contributed by atoms with E-state index in [1.54, 1.807) is 17.0 Å². The fourth-order valence-corrected chi connectivity index (χ4v) is 2.83. The van der Waals surface area contributed by atoms with E-state index in [-0.39, 0.29) is 6.09 Å². The molecule has 0 bridgehead atoms. The second-order valence-corrected chi connectivity index (χ2v) is 5.56.